The summed E-state index contributed by atoms with van der Waals surface area (Å²) in [5.41, 5.74) is 5.85. The quantitative estimate of drug-likeness (QED) is 0.781. The molecular formula is C12H24N2S. The highest BCUT2D eigenvalue weighted by molar-refractivity contribution is 8.00. The van der Waals surface area contributed by atoms with Crippen LogP contribution in [0.3, 0.4) is 0 Å². The second-order valence-corrected chi connectivity index (χ2v) is 6.76. The minimum Gasteiger partial charge on any atom is -0.330 e. The lowest BCUT2D eigenvalue weighted by atomic mass is 9.86. The van der Waals surface area contributed by atoms with Crippen LogP contribution >= 0.6 is 11.8 Å². The molecule has 0 aromatic heterocycles. The van der Waals surface area contributed by atoms with Crippen molar-refractivity contribution in [3.8, 4) is 0 Å². The van der Waals surface area contributed by atoms with Crippen LogP contribution in [0.25, 0.3) is 0 Å². The van der Waals surface area contributed by atoms with Gasteiger partial charge < -0.3 is 5.73 Å². The molecule has 0 bridgehead atoms. The third-order valence-corrected chi connectivity index (χ3v) is 5.48. The van der Waals surface area contributed by atoms with Crippen molar-refractivity contribution in [1.29, 1.82) is 0 Å². The highest BCUT2D eigenvalue weighted by Crippen LogP contribution is 2.33. The third-order valence-electron chi connectivity index (χ3n) is 4.14. The Hall–Kier alpha value is 0.270. The van der Waals surface area contributed by atoms with E-state index in [4.69, 9.17) is 5.73 Å². The van der Waals surface area contributed by atoms with Gasteiger partial charge in [0.15, 0.2) is 0 Å². The minimum absolute atomic E-state index is 0.736. The van der Waals surface area contributed by atoms with E-state index in [0.717, 1.165) is 29.7 Å². The zero-order valence-electron chi connectivity index (χ0n) is 9.98. The van der Waals surface area contributed by atoms with Gasteiger partial charge in [0.05, 0.1) is 0 Å². The maximum absolute atomic E-state index is 5.85. The standard InChI is InChI=1S/C12H24N2S/c1-9-3-4-14(7-11(9)6-13)12-5-10(2)15-8-12/h9-12H,3-8,13H2,1-2H3. The van der Waals surface area contributed by atoms with Crippen molar-refractivity contribution in [1.82, 2.24) is 4.90 Å². The van der Waals surface area contributed by atoms with Gasteiger partial charge in [0, 0.05) is 23.6 Å². The van der Waals surface area contributed by atoms with Crippen LogP contribution in [0.1, 0.15) is 26.7 Å². The summed E-state index contributed by atoms with van der Waals surface area (Å²) in [6.45, 7) is 8.14. The van der Waals surface area contributed by atoms with E-state index in [1.54, 1.807) is 0 Å². The highest BCUT2D eigenvalue weighted by Gasteiger charge is 2.32. The number of rotatable bonds is 2. The first-order chi connectivity index (χ1) is 7.20. The van der Waals surface area contributed by atoms with Gasteiger partial charge in [-0.25, -0.2) is 0 Å². The molecule has 0 saturated carbocycles. The smallest absolute Gasteiger partial charge is 0.0197 e. The highest BCUT2D eigenvalue weighted by atomic mass is 32.2. The minimum atomic E-state index is 0.736. The average Bonchev–Trinajstić information content (AvgIpc) is 2.66. The van der Waals surface area contributed by atoms with Crippen LogP contribution in [0.15, 0.2) is 0 Å². The maximum atomic E-state index is 5.85. The lowest BCUT2D eigenvalue weighted by Gasteiger charge is -2.39. The number of thioether (sulfide) groups is 1. The van der Waals surface area contributed by atoms with Crippen molar-refractivity contribution >= 4 is 11.8 Å². The van der Waals surface area contributed by atoms with Crippen molar-refractivity contribution < 1.29 is 0 Å². The van der Waals surface area contributed by atoms with Crippen molar-refractivity contribution in [2.75, 3.05) is 25.4 Å². The Morgan fingerprint density at radius 2 is 2.20 bits per heavy atom. The maximum Gasteiger partial charge on any atom is 0.0197 e. The molecule has 0 spiro atoms. The third kappa shape index (κ3) is 2.69. The Labute approximate surface area is 98.0 Å². The molecule has 0 radical (unpaired) electrons. The van der Waals surface area contributed by atoms with Crippen molar-refractivity contribution in [3.05, 3.63) is 0 Å². The summed E-state index contributed by atoms with van der Waals surface area (Å²) in [7, 11) is 0. The number of nitrogens with two attached hydrogens (primary N) is 1. The number of piperidine rings is 1. The van der Waals surface area contributed by atoms with Crippen LogP contribution in [0.4, 0.5) is 0 Å². The summed E-state index contributed by atoms with van der Waals surface area (Å²) < 4.78 is 0. The van der Waals surface area contributed by atoms with Gasteiger partial charge in [0.1, 0.15) is 0 Å². The molecular weight excluding hydrogens is 204 g/mol. The van der Waals surface area contributed by atoms with Gasteiger partial charge in [-0.15, -0.1) is 0 Å². The van der Waals surface area contributed by atoms with Gasteiger partial charge in [-0.2, -0.15) is 11.8 Å². The van der Waals surface area contributed by atoms with E-state index in [9.17, 15) is 0 Å². The van der Waals surface area contributed by atoms with E-state index in [1.807, 2.05) is 0 Å². The average molecular weight is 228 g/mol. The van der Waals surface area contributed by atoms with Crippen LogP contribution in [0.5, 0.6) is 0 Å². The molecule has 3 heteroatoms. The summed E-state index contributed by atoms with van der Waals surface area (Å²) in [6.07, 6.45) is 2.73. The van der Waals surface area contributed by atoms with E-state index in [0.29, 0.717) is 0 Å². The summed E-state index contributed by atoms with van der Waals surface area (Å²) in [5.74, 6) is 2.91. The van der Waals surface area contributed by atoms with Crippen LogP contribution in [0.2, 0.25) is 0 Å². The van der Waals surface area contributed by atoms with Crippen LogP contribution in [-0.4, -0.2) is 41.6 Å². The lowest BCUT2D eigenvalue weighted by Crippen LogP contribution is -2.47. The van der Waals surface area contributed by atoms with E-state index < -0.39 is 0 Å². The fourth-order valence-corrected chi connectivity index (χ4v) is 4.12. The molecule has 4 unspecified atom stereocenters. The molecule has 15 heavy (non-hydrogen) atoms. The topological polar surface area (TPSA) is 29.3 Å². The van der Waals surface area contributed by atoms with Crippen molar-refractivity contribution in [2.24, 2.45) is 17.6 Å². The first kappa shape index (κ1) is 11.7. The second-order valence-electron chi connectivity index (χ2n) is 5.29. The molecule has 4 atom stereocenters. The molecule has 0 aliphatic carbocycles. The monoisotopic (exact) mass is 228 g/mol. The Morgan fingerprint density at radius 3 is 2.80 bits per heavy atom. The predicted molar refractivity (Wildman–Crippen MR) is 68.2 cm³/mol. The summed E-state index contributed by atoms with van der Waals surface area (Å²) >= 11 is 2.14. The van der Waals surface area contributed by atoms with E-state index in [1.165, 1.54) is 31.7 Å². The normalized spacial score (nSPS) is 43.4. The van der Waals surface area contributed by atoms with Gasteiger partial charge in [-0.05, 0) is 37.8 Å². The van der Waals surface area contributed by atoms with Crippen molar-refractivity contribution in [3.63, 3.8) is 0 Å². The predicted octanol–water partition coefficient (Wildman–Crippen LogP) is 1.80. The van der Waals surface area contributed by atoms with E-state index in [2.05, 4.69) is 30.5 Å². The Bertz CT molecular complexity index is 210. The molecule has 0 aromatic carbocycles. The Kier molecular flexibility index (Phi) is 3.97. The van der Waals surface area contributed by atoms with E-state index >= 15 is 0 Å². The molecule has 2 heterocycles. The molecule has 0 aromatic rings. The first-order valence-electron chi connectivity index (χ1n) is 6.26. The number of hydrogen-bond acceptors (Lipinski definition) is 3. The number of hydrogen-bond donors (Lipinski definition) is 1. The zero-order chi connectivity index (χ0) is 10.8. The molecule has 2 fully saturated rings. The van der Waals surface area contributed by atoms with Crippen LogP contribution in [-0.2, 0) is 0 Å². The number of likely N-dealkylation sites (tertiary alicyclic amines) is 1. The molecule has 88 valence electrons. The van der Waals surface area contributed by atoms with Gasteiger partial charge in [-0.1, -0.05) is 13.8 Å². The molecule has 2 aliphatic heterocycles. The SMILES string of the molecule is CC1CC(N2CCC(C)C(CN)C2)CS1. The van der Waals surface area contributed by atoms with Crippen LogP contribution < -0.4 is 5.73 Å². The molecule has 0 amide bonds. The van der Waals surface area contributed by atoms with Crippen molar-refractivity contribution in [2.45, 2.75) is 38.0 Å². The zero-order valence-corrected chi connectivity index (χ0v) is 10.8. The Morgan fingerprint density at radius 1 is 1.40 bits per heavy atom. The summed E-state index contributed by atoms with van der Waals surface area (Å²) in [6, 6.07) is 0.839. The van der Waals surface area contributed by atoms with Gasteiger partial charge in [-0.3, -0.25) is 4.90 Å². The Balaban J connectivity index is 1.88. The molecule has 2 N–H and O–H groups in total. The van der Waals surface area contributed by atoms with Gasteiger partial charge in [0.25, 0.3) is 0 Å². The molecule has 2 rings (SSSR count). The fourth-order valence-electron chi connectivity index (χ4n) is 2.87. The summed E-state index contributed by atoms with van der Waals surface area (Å²) in [5, 5.41) is 0.866. The first-order valence-corrected chi connectivity index (χ1v) is 7.31. The lowest BCUT2D eigenvalue weighted by molar-refractivity contribution is 0.0989. The van der Waals surface area contributed by atoms with Crippen LogP contribution in [0, 0.1) is 11.8 Å². The van der Waals surface area contributed by atoms with E-state index in [-0.39, 0.29) is 0 Å². The number of nitrogens with zero attached hydrogens (tertiary/aromatic N) is 1. The molecule has 2 saturated heterocycles. The van der Waals surface area contributed by atoms with Gasteiger partial charge in [0.2, 0.25) is 0 Å². The molecule has 2 aliphatic rings. The summed E-state index contributed by atoms with van der Waals surface area (Å²) in [4.78, 5) is 2.70. The van der Waals surface area contributed by atoms with Gasteiger partial charge >= 0.3 is 0 Å². The fraction of sp³-hybridized carbons (Fsp3) is 1.00. The molecule has 2 nitrogen and oxygen atoms in total. The largest absolute Gasteiger partial charge is 0.330 e. The second kappa shape index (κ2) is 5.07.